The molecule has 1 unspecified atom stereocenters. The van der Waals surface area contributed by atoms with Gasteiger partial charge < -0.3 is 4.90 Å². The number of hydrogen-bond acceptors (Lipinski definition) is 1. The Morgan fingerprint density at radius 1 is 1.06 bits per heavy atom. The van der Waals surface area contributed by atoms with Gasteiger partial charge in [0.15, 0.2) is 0 Å². The molecular weight excluding hydrogens is 194 g/mol. The molecule has 0 spiro atoms. The summed E-state index contributed by atoms with van der Waals surface area (Å²) in [5.74, 6) is 0.388. The molecular formula is C15H21N. The zero-order valence-corrected chi connectivity index (χ0v) is 9.99. The first-order valence-corrected chi connectivity index (χ1v) is 6.23. The normalized spacial score (nSPS) is 19.6. The molecule has 1 aromatic carbocycles. The molecule has 1 heterocycles. The van der Waals surface area contributed by atoms with Gasteiger partial charge in [-0.2, -0.15) is 0 Å². The van der Waals surface area contributed by atoms with Crippen molar-refractivity contribution in [1.82, 2.24) is 4.90 Å². The van der Waals surface area contributed by atoms with Crippen molar-refractivity contribution in [1.29, 1.82) is 0 Å². The Hall–Kier alpha value is -0.820. The van der Waals surface area contributed by atoms with Gasteiger partial charge in [0.2, 0.25) is 0 Å². The van der Waals surface area contributed by atoms with Crippen LogP contribution in [-0.4, -0.2) is 24.5 Å². The molecule has 1 nitrogen and oxygen atoms in total. The predicted molar refractivity (Wildman–Crippen MR) is 69.3 cm³/mol. The molecule has 1 fully saturated rings. The van der Waals surface area contributed by atoms with E-state index < -0.39 is 0 Å². The fraction of sp³-hybridized carbons (Fsp3) is 0.467. The summed E-state index contributed by atoms with van der Waals surface area (Å²) in [6, 6.07) is 8.46. The van der Waals surface area contributed by atoms with Gasteiger partial charge in [-0.15, -0.1) is 0 Å². The second-order valence-corrected chi connectivity index (χ2v) is 4.80. The highest BCUT2D eigenvalue weighted by atomic mass is 15.1. The minimum atomic E-state index is 0.388. The van der Waals surface area contributed by atoms with Crippen LogP contribution in [-0.2, 0) is 0 Å². The van der Waals surface area contributed by atoms with E-state index in [2.05, 4.69) is 43.0 Å². The molecule has 1 atom stereocenters. The molecule has 2 rings (SSSR count). The zero-order chi connectivity index (χ0) is 11.4. The maximum absolute atomic E-state index is 4.27. The Balaban J connectivity index is 1.91. The van der Waals surface area contributed by atoms with E-state index >= 15 is 0 Å². The molecule has 0 N–H and O–H groups in total. The predicted octanol–water partition coefficient (Wildman–Crippen LogP) is 3.27. The molecule has 86 valence electrons. The lowest BCUT2D eigenvalue weighted by atomic mass is 9.98. The summed E-state index contributed by atoms with van der Waals surface area (Å²) in [6.07, 6.45) is 4.10. The summed E-state index contributed by atoms with van der Waals surface area (Å²) in [7, 11) is 0. The van der Waals surface area contributed by atoms with E-state index in [1.165, 1.54) is 37.9 Å². The van der Waals surface area contributed by atoms with Gasteiger partial charge in [-0.25, -0.2) is 0 Å². The van der Waals surface area contributed by atoms with E-state index in [1.54, 1.807) is 0 Å². The van der Waals surface area contributed by atoms with Crippen molar-refractivity contribution >= 4 is 0 Å². The van der Waals surface area contributed by atoms with Crippen LogP contribution in [0.2, 0.25) is 0 Å². The summed E-state index contributed by atoms with van der Waals surface area (Å²) in [4.78, 5) is 2.54. The van der Waals surface area contributed by atoms with E-state index in [9.17, 15) is 0 Å². The average Bonchev–Trinajstić information content (AvgIpc) is 2.31. The highest BCUT2D eigenvalue weighted by Gasteiger charge is 2.14. The topological polar surface area (TPSA) is 3.24 Å². The maximum Gasteiger partial charge on any atom is 0.00503 e. The number of likely N-dealkylation sites (tertiary alicyclic amines) is 1. The Morgan fingerprint density at radius 3 is 2.31 bits per heavy atom. The van der Waals surface area contributed by atoms with Crippen molar-refractivity contribution in [2.75, 3.05) is 19.6 Å². The lowest BCUT2D eigenvalue weighted by Gasteiger charge is -2.29. The van der Waals surface area contributed by atoms with Crippen molar-refractivity contribution < 1.29 is 0 Å². The standard InChI is InChI=1S/C15H21N/c1-13-6-8-15(9-7-13)14(2)12-16-10-4-3-5-11-16/h6-9,14H,1-5,10-12H2. The van der Waals surface area contributed by atoms with E-state index in [0.29, 0.717) is 5.92 Å². The van der Waals surface area contributed by atoms with Crippen molar-refractivity contribution in [3.05, 3.63) is 49.2 Å². The Labute approximate surface area is 99.5 Å². The van der Waals surface area contributed by atoms with Crippen molar-refractivity contribution in [2.45, 2.75) is 25.2 Å². The van der Waals surface area contributed by atoms with Crippen LogP contribution >= 0.6 is 0 Å². The smallest absolute Gasteiger partial charge is 0.00503 e. The van der Waals surface area contributed by atoms with Crippen LogP contribution in [0.4, 0.5) is 0 Å². The van der Waals surface area contributed by atoms with Crippen LogP contribution in [0.25, 0.3) is 0 Å². The summed E-state index contributed by atoms with van der Waals surface area (Å²) >= 11 is 0. The third-order valence-electron chi connectivity index (χ3n) is 3.38. The Morgan fingerprint density at radius 2 is 1.69 bits per heavy atom. The molecule has 16 heavy (non-hydrogen) atoms. The van der Waals surface area contributed by atoms with Crippen LogP contribution in [0, 0.1) is 13.8 Å². The average molecular weight is 215 g/mol. The van der Waals surface area contributed by atoms with Gasteiger partial charge in [0, 0.05) is 6.54 Å². The largest absolute Gasteiger partial charge is 0.303 e. The summed E-state index contributed by atoms with van der Waals surface area (Å²) in [5, 5.41) is 0. The molecule has 1 heteroatoms. The first kappa shape index (κ1) is 11.7. The summed E-state index contributed by atoms with van der Waals surface area (Å²) in [5.41, 5.74) is 2.41. The van der Waals surface area contributed by atoms with Crippen molar-refractivity contribution in [3.63, 3.8) is 0 Å². The number of benzene rings is 1. The van der Waals surface area contributed by atoms with Gasteiger partial charge in [-0.1, -0.05) is 30.7 Å². The molecule has 1 saturated heterocycles. The Kier molecular flexibility index (Phi) is 4.00. The first-order valence-electron chi connectivity index (χ1n) is 6.23. The number of hydrogen-bond donors (Lipinski definition) is 0. The molecule has 0 saturated carbocycles. The fourth-order valence-electron chi connectivity index (χ4n) is 2.35. The van der Waals surface area contributed by atoms with Crippen LogP contribution < -0.4 is 0 Å². The zero-order valence-electron chi connectivity index (χ0n) is 9.99. The molecule has 1 aliphatic heterocycles. The van der Waals surface area contributed by atoms with Crippen molar-refractivity contribution in [3.8, 4) is 0 Å². The van der Waals surface area contributed by atoms with E-state index in [0.717, 1.165) is 12.1 Å². The van der Waals surface area contributed by atoms with E-state index in [4.69, 9.17) is 0 Å². The van der Waals surface area contributed by atoms with Gasteiger partial charge in [0.1, 0.15) is 0 Å². The lowest BCUT2D eigenvalue weighted by Crippen LogP contribution is -2.32. The number of nitrogens with zero attached hydrogens (tertiary/aromatic N) is 1. The molecule has 1 aliphatic rings. The first-order chi connectivity index (χ1) is 7.75. The van der Waals surface area contributed by atoms with Crippen molar-refractivity contribution in [2.24, 2.45) is 0 Å². The monoisotopic (exact) mass is 215 g/mol. The maximum atomic E-state index is 4.27. The second-order valence-electron chi connectivity index (χ2n) is 4.80. The molecule has 0 aliphatic carbocycles. The summed E-state index contributed by atoms with van der Waals surface area (Å²) < 4.78 is 0. The van der Waals surface area contributed by atoms with Crippen LogP contribution in [0.1, 0.15) is 36.3 Å². The quantitative estimate of drug-likeness (QED) is 0.748. The van der Waals surface area contributed by atoms with Gasteiger partial charge in [-0.05, 0) is 56.8 Å². The second kappa shape index (κ2) is 5.49. The Bertz CT molecular complexity index is 309. The minimum absolute atomic E-state index is 0.388. The van der Waals surface area contributed by atoms with Crippen LogP contribution in [0.3, 0.4) is 0 Å². The van der Waals surface area contributed by atoms with Crippen LogP contribution in [0.15, 0.2) is 24.3 Å². The van der Waals surface area contributed by atoms with Gasteiger partial charge in [0.05, 0.1) is 0 Å². The third kappa shape index (κ3) is 3.08. The fourth-order valence-corrected chi connectivity index (χ4v) is 2.35. The molecule has 1 aromatic rings. The lowest BCUT2D eigenvalue weighted by molar-refractivity contribution is 0.223. The molecule has 0 bridgehead atoms. The van der Waals surface area contributed by atoms with Crippen LogP contribution in [0.5, 0.6) is 0 Å². The van der Waals surface area contributed by atoms with E-state index in [-0.39, 0.29) is 0 Å². The molecule has 0 aromatic heterocycles. The molecule has 2 radical (unpaired) electrons. The SMILES string of the molecule is [CH2]c1ccc(C([CH2])CN2CCCCC2)cc1. The number of rotatable bonds is 3. The van der Waals surface area contributed by atoms with Gasteiger partial charge in [-0.3, -0.25) is 0 Å². The van der Waals surface area contributed by atoms with Gasteiger partial charge in [0.25, 0.3) is 0 Å². The van der Waals surface area contributed by atoms with Gasteiger partial charge >= 0.3 is 0 Å². The molecule has 0 amide bonds. The minimum Gasteiger partial charge on any atom is -0.303 e. The van der Waals surface area contributed by atoms with E-state index in [1.807, 2.05) is 0 Å². The third-order valence-corrected chi connectivity index (χ3v) is 3.38. The summed E-state index contributed by atoms with van der Waals surface area (Å²) in [6.45, 7) is 11.8. The highest BCUT2D eigenvalue weighted by Crippen LogP contribution is 2.19. The highest BCUT2D eigenvalue weighted by molar-refractivity contribution is 5.27. The number of piperidine rings is 1.